The zero-order chi connectivity index (χ0) is 13.1. The highest BCUT2D eigenvalue weighted by atomic mass is 16.4. The summed E-state index contributed by atoms with van der Waals surface area (Å²) in [7, 11) is 0. The van der Waals surface area contributed by atoms with E-state index in [1.165, 1.54) is 0 Å². The number of aliphatic hydroxyl groups is 1. The van der Waals surface area contributed by atoms with E-state index in [0.717, 1.165) is 5.69 Å². The van der Waals surface area contributed by atoms with Crippen molar-refractivity contribution in [3.63, 3.8) is 0 Å². The Labute approximate surface area is 105 Å². The summed E-state index contributed by atoms with van der Waals surface area (Å²) in [6, 6.07) is 7.10. The molecule has 0 saturated carbocycles. The number of nitrogens with zero attached hydrogens (tertiary/aromatic N) is 1. The number of para-hydroxylation sites is 2. The molecule has 1 saturated heterocycles. The summed E-state index contributed by atoms with van der Waals surface area (Å²) >= 11 is 0. The van der Waals surface area contributed by atoms with Gasteiger partial charge in [0, 0.05) is 6.54 Å². The van der Waals surface area contributed by atoms with Crippen LogP contribution in [-0.2, 0) is 0 Å². The minimum Gasteiger partial charge on any atom is -0.465 e. The number of aliphatic hydroxyl groups excluding tert-OH is 1. The maximum atomic E-state index is 10.6. The van der Waals surface area contributed by atoms with Crippen LogP contribution in [0.15, 0.2) is 24.3 Å². The first-order valence-corrected chi connectivity index (χ1v) is 5.83. The highest BCUT2D eigenvalue weighted by Gasteiger charge is 2.33. The molecule has 1 aromatic rings. The first-order chi connectivity index (χ1) is 8.61. The maximum absolute atomic E-state index is 10.6. The predicted molar refractivity (Wildman–Crippen MR) is 68.6 cm³/mol. The molecule has 1 aliphatic heterocycles. The van der Waals surface area contributed by atoms with Gasteiger partial charge in [-0.3, -0.25) is 0 Å². The van der Waals surface area contributed by atoms with Crippen LogP contribution in [0.25, 0.3) is 0 Å². The Morgan fingerprint density at radius 2 is 2.22 bits per heavy atom. The fraction of sp³-hybridized carbons (Fsp3) is 0.417. The number of nitrogens with one attached hydrogen (secondary N) is 1. The highest BCUT2D eigenvalue weighted by Crippen LogP contribution is 2.30. The molecule has 5 N–H and O–H groups in total. The predicted octanol–water partition coefficient (Wildman–Crippen LogP) is 0.476. The van der Waals surface area contributed by atoms with Crippen LogP contribution in [0.1, 0.15) is 6.42 Å². The first-order valence-electron chi connectivity index (χ1n) is 5.83. The third-order valence-corrected chi connectivity index (χ3v) is 3.20. The number of hydrogen-bond donors (Lipinski definition) is 4. The molecule has 1 fully saturated rings. The SMILES string of the molecule is Nc1ccccc1N1CC(NC(=O)O)CC1CO. The molecule has 0 radical (unpaired) electrons. The van der Waals surface area contributed by atoms with Gasteiger partial charge in [0.05, 0.1) is 30.1 Å². The van der Waals surface area contributed by atoms with Gasteiger partial charge < -0.3 is 26.2 Å². The smallest absolute Gasteiger partial charge is 0.404 e. The second-order valence-electron chi connectivity index (χ2n) is 4.43. The first kappa shape index (κ1) is 12.5. The zero-order valence-corrected chi connectivity index (χ0v) is 9.91. The van der Waals surface area contributed by atoms with Crippen molar-refractivity contribution >= 4 is 17.5 Å². The molecule has 1 aromatic carbocycles. The molecule has 1 aliphatic rings. The van der Waals surface area contributed by atoms with Crippen molar-refractivity contribution in [2.24, 2.45) is 0 Å². The molecule has 0 aromatic heterocycles. The van der Waals surface area contributed by atoms with E-state index in [1.807, 2.05) is 23.1 Å². The molecule has 0 spiro atoms. The van der Waals surface area contributed by atoms with Crippen molar-refractivity contribution in [2.45, 2.75) is 18.5 Å². The molecule has 98 valence electrons. The molecule has 0 bridgehead atoms. The summed E-state index contributed by atoms with van der Waals surface area (Å²) in [5.74, 6) is 0. The number of carbonyl (C=O) groups is 1. The molecule has 2 unspecified atom stereocenters. The third-order valence-electron chi connectivity index (χ3n) is 3.20. The largest absolute Gasteiger partial charge is 0.465 e. The van der Waals surface area contributed by atoms with Gasteiger partial charge in [0.1, 0.15) is 0 Å². The molecular formula is C12H17N3O3. The van der Waals surface area contributed by atoms with Gasteiger partial charge >= 0.3 is 6.09 Å². The molecule has 6 heteroatoms. The Morgan fingerprint density at radius 3 is 2.83 bits per heavy atom. The van der Waals surface area contributed by atoms with Gasteiger partial charge in [-0.2, -0.15) is 0 Å². The van der Waals surface area contributed by atoms with Crippen LogP contribution in [0, 0.1) is 0 Å². The third kappa shape index (κ3) is 2.48. The minimum absolute atomic E-state index is 0.0217. The van der Waals surface area contributed by atoms with Gasteiger partial charge in [-0.1, -0.05) is 12.1 Å². The molecular weight excluding hydrogens is 234 g/mol. The fourth-order valence-corrected chi connectivity index (χ4v) is 2.41. The molecule has 2 rings (SSSR count). The molecule has 2 atom stereocenters. The van der Waals surface area contributed by atoms with Crippen molar-refractivity contribution in [3.8, 4) is 0 Å². The number of benzene rings is 1. The highest BCUT2D eigenvalue weighted by molar-refractivity contribution is 5.69. The number of carboxylic acid groups (broad SMARTS) is 1. The number of nitrogens with two attached hydrogens (primary N) is 1. The topological polar surface area (TPSA) is 98.8 Å². The van der Waals surface area contributed by atoms with Crippen LogP contribution in [0.5, 0.6) is 0 Å². The monoisotopic (exact) mass is 251 g/mol. The van der Waals surface area contributed by atoms with Crippen LogP contribution in [-0.4, -0.2) is 41.5 Å². The van der Waals surface area contributed by atoms with Gasteiger partial charge in [-0.05, 0) is 18.6 Å². The zero-order valence-electron chi connectivity index (χ0n) is 9.91. The standard InChI is InChI=1S/C12H17N3O3/c13-10-3-1-2-4-11(10)15-6-8(14-12(17)18)5-9(15)7-16/h1-4,8-9,14,16H,5-7,13H2,(H,17,18). The maximum Gasteiger partial charge on any atom is 0.404 e. The van der Waals surface area contributed by atoms with Crippen LogP contribution in [0.2, 0.25) is 0 Å². The van der Waals surface area contributed by atoms with Crippen LogP contribution in [0.3, 0.4) is 0 Å². The van der Waals surface area contributed by atoms with E-state index in [2.05, 4.69) is 5.32 Å². The van der Waals surface area contributed by atoms with Crippen molar-refractivity contribution in [3.05, 3.63) is 24.3 Å². The van der Waals surface area contributed by atoms with E-state index in [9.17, 15) is 9.90 Å². The van der Waals surface area contributed by atoms with Gasteiger partial charge in [-0.15, -0.1) is 0 Å². The Kier molecular flexibility index (Phi) is 3.57. The second-order valence-corrected chi connectivity index (χ2v) is 4.43. The van der Waals surface area contributed by atoms with E-state index in [4.69, 9.17) is 10.8 Å². The Morgan fingerprint density at radius 1 is 1.50 bits per heavy atom. The normalized spacial score (nSPS) is 23.1. The Hall–Kier alpha value is -1.95. The van der Waals surface area contributed by atoms with E-state index in [1.54, 1.807) is 6.07 Å². The van der Waals surface area contributed by atoms with Crippen molar-refractivity contribution in [2.75, 3.05) is 23.8 Å². The summed E-state index contributed by atoms with van der Waals surface area (Å²) in [6.07, 6.45) is -0.462. The van der Waals surface area contributed by atoms with E-state index in [0.29, 0.717) is 18.7 Å². The summed E-state index contributed by atoms with van der Waals surface area (Å²) in [6.45, 7) is 0.498. The fourth-order valence-electron chi connectivity index (χ4n) is 2.41. The van der Waals surface area contributed by atoms with Crippen LogP contribution >= 0.6 is 0 Å². The van der Waals surface area contributed by atoms with Gasteiger partial charge in [0.15, 0.2) is 0 Å². The lowest BCUT2D eigenvalue weighted by atomic mass is 10.2. The molecule has 1 amide bonds. The summed E-state index contributed by atoms with van der Waals surface area (Å²) in [5, 5.41) is 20.6. The summed E-state index contributed by atoms with van der Waals surface area (Å²) < 4.78 is 0. The lowest BCUT2D eigenvalue weighted by molar-refractivity contribution is 0.190. The summed E-state index contributed by atoms with van der Waals surface area (Å²) in [4.78, 5) is 12.6. The Balaban J connectivity index is 2.17. The average molecular weight is 251 g/mol. The van der Waals surface area contributed by atoms with Crippen molar-refractivity contribution < 1.29 is 15.0 Å². The van der Waals surface area contributed by atoms with Gasteiger partial charge in [0.2, 0.25) is 0 Å². The van der Waals surface area contributed by atoms with Crippen molar-refractivity contribution in [1.29, 1.82) is 0 Å². The lowest BCUT2D eigenvalue weighted by Gasteiger charge is -2.26. The van der Waals surface area contributed by atoms with E-state index >= 15 is 0 Å². The van der Waals surface area contributed by atoms with Crippen molar-refractivity contribution in [1.82, 2.24) is 5.32 Å². The molecule has 6 nitrogen and oxygen atoms in total. The summed E-state index contributed by atoms with van der Waals surface area (Å²) in [5.41, 5.74) is 7.37. The van der Waals surface area contributed by atoms with Crippen LogP contribution in [0.4, 0.5) is 16.2 Å². The number of anilines is 2. The van der Waals surface area contributed by atoms with E-state index in [-0.39, 0.29) is 18.7 Å². The molecule has 18 heavy (non-hydrogen) atoms. The lowest BCUT2D eigenvalue weighted by Crippen LogP contribution is -2.36. The molecule has 0 aliphatic carbocycles. The number of amides is 1. The quantitative estimate of drug-likeness (QED) is 0.585. The van der Waals surface area contributed by atoms with Crippen LogP contribution < -0.4 is 16.0 Å². The van der Waals surface area contributed by atoms with Gasteiger partial charge in [0.25, 0.3) is 0 Å². The number of nitrogen functional groups attached to an aromatic ring is 1. The minimum atomic E-state index is -1.04. The number of rotatable bonds is 3. The average Bonchev–Trinajstić information content (AvgIpc) is 2.71. The van der Waals surface area contributed by atoms with Gasteiger partial charge in [-0.25, -0.2) is 4.79 Å². The second kappa shape index (κ2) is 5.14. The Bertz CT molecular complexity index is 438. The number of hydrogen-bond acceptors (Lipinski definition) is 4. The molecule has 1 heterocycles. The van der Waals surface area contributed by atoms with E-state index < -0.39 is 6.09 Å².